The Morgan fingerprint density at radius 3 is 1.35 bits per heavy atom. The molecule has 54 heavy (non-hydrogen) atoms. The van der Waals surface area contributed by atoms with Crippen LogP contribution in [0.25, 0.3) is 120 Å². The van der Waals surface area contributed by atoms with Crippen LogP contribution < -0.4 is 0 Å². The summed E-state index contributed by atoms with van der Waals surface area (Å²) >= 11 is 0. The van der Waals surface area contributed by atoms with Crippen LogP contribution in [-0.2, 0) is 0 Å². The van der Waals surface area contributed by atoms with Crippen LogP contribution in [0.1, 0.15) is 0 Å². The van der Waals surface area contributed by atoms with Gasteiger partial charge in [0.1, 0.15) is 22.3 Å². The van der Waals surface area contributed by atoms with Crippen LogP contribution in [0.5, 0.6) is 0 Å². The maximum atomic E-state index is 6.76. The summed E-state index contributed by atoms with van der Waals surface area (Å²) in [5.74, 6) is 0. The van der Waals surface area contributed by atoms with E-state index in [1.54, 1.807) is 0 Å². The molecule has 0 atom stereocenters. The van der Waals surface area contributed by atoms with Gasteiger partial charge in [-0.3, -0.25) is 0 Å². The average molecular weight is 687 g/mol. The van der Waals surface area contributed by atoms with Crippen LogP contribution in [0.15, 0.2) is 191 Å². The minimum absolute atomic E-state index is 0.865. The summed E-state index contributed by atoms with van der Waals surface area (Å²) in [4.78, 5) is 0. The Bertz CT molecular complexity index is 3430. The van der Waals surface area contributed by atoms with Gasteiger partial charge in [0.25, 0.3) is 0 Å². The predicted molar refractivity (Wildman–Crippen MR) is 227 cm³/mol. The molecule has 0 unspecified atom stereocenters. The lowest BCUT2D eigenvalue weighted by molar-refractivity contribution is 0.663. The van der Waals surface area contributed by atoms with E-state index < -0.39 is 0 Å². The van der Waals surface area contributed by atoms with Crippen molar-refractivity contribution in [2.24, 2.45) is 0 Å². The Kier molecular flexibility index (Phi) is 6.09. The number of para-hydroxylation sites is 1. The van der Waals surface area contributed by atoms with E-state index in [0.717, 1.165) is 49.4 Å². The molecule has 0 bridgehead atoms. The van der Waals surface area contributed by atoms with Crippen LogP contribution in [0.4, 0.5) is 0 Å². The zero-order valence-electron chi connectivity index (χ0n) is 29.1. The highest BCUT2D eigenvalue weighted by Crippen LogP contribution is 2.49. The number of fused-ring (bicyclic) bond motifs is 12. The molecule has 0 fully saturated rings. The van der Waals surface area contributed by atoms with Gasteiger partial charge in [-0.15, -0.1) is 0 Å². The molecular formula is C52H30O2. The third kappa shape index (κ3) is 4.05. The van der Waals surface area contributed by atoms with Crippen molar-refractivity contribution in [1.29, 1.82) is 0 Å². The molecular weight excluding hydrogens is 657 g/mol. The first-order chi connectivity index (χ1) is 26.8. The van der Waals surface area contributed by atoms with E-state index in [4.69, 9.17) is 8.83 Å². The topological polar surface area (TPSA) is 26.3 Å². The van der Waals surface area contributed by atoms with Crippen LogP contribution in [0.3, 0.4) is 0 Å². The predicted octanol–water partition coefficient (Wildman–Crippen LogP) is 15.1. The van der Waals surface area contributed by atoms with Gasteiger partial charge in [-0.05, 0) is 101 Å². The van der Waals surface area contributed by atoms with Crippen molar-refractivity contribution in [1.82, 2.24) is 0 Å². The van der Waals surface area contributed by atoms with E-state index in [9.17, 15) is 0 Å². The maximum Gasteiger partial charge on any atom is 0.136 e. The third-order valence-corrected chi connectivity index (χ3v) is 11.5. The van der Waals surface area contributed by atoms with Crippen molar-refractivity contribution >= 4 is 87.0 Å². The maximum absolute atomic E-state index is 6.76. The first-order valence-electron chi connectivity index (χ1n) is 18.5. The lowest BCUT2D eigenvalue weighted by atomic mass is 9.83. The molecule has 2 heterocycles. The van der Waals surface area contributed by atoms with Crippen molar-refractivity contribution in [2.45, 2.75) is 0 Å². The molecule has 0 saturated heterocycles. The minimum atomic E-state index is 0.865. The van der Waals surface area contributed by atoms with Gasteiger partial charge in [-0.2, -0.15) is 0 Å². The second-order valence-electron chi connectivity index (χ2n) is 14.3. The summed E-state index contributed by atoms with van der Waals surface area (Å²) in [5, 5.41) is 14.2. The molecule has 2 aromatic heterocycles. The summed E-state index contributed by atoms with van der Waals surface area (Å²) in [5.41, 5.74) is 10.8. The number of benzene rings is 10. The van der Waals surface area contributed by atoms with E-state index in [-0.39, 0.29) is 0 Å². The van der Waals surface area contributed by atoms with E-state index in [2.05, 4.69) is 164 Å². The standard InChI is InChI=1S/C52H30O2/c1-2-14-31(15-3-1)48-37-20-8-10-22-39(37)49(40-23-11-9-21-38(40)48)41-27-26-35(32-16-4-5-17-33(32)41)43-30-47-50(36-19-7-6-18-34(36)43)52-46(54-47)29-28-45-51(52)42-24-12-13-25-44(42)53-45/h1-30H. The Morgan fingerprint density at radius 1 is 0.241 bits per heavy atom. The highest BCUT2D eigenvalue weighted by atomic mass is 16.3. The molecule has 12 aromatic rings. The highest BCUT2D eigenvalue weighted by Gasteiger charge is 2.22. The quantitative estimate of drug-likeness (QED) is 0.173. The zero-order chi connectivity index (χ0) is 35.3. The summed E-state index contributed by atoms with van der Waals surface area (Å²) < 4.78 is 13.1. The molecule has 0 aliphatic rings. The summed E-state index contributed by atoms with van der Waals surface area (Å²) in [6.07, 6.45) is 0. The molecule has 2 nitrogen and oxygen atoms in total. The fraction of sp³-hybridized carbons (Fsp3) is 0. The first-order valence-corrected chi connectivity index (χ1v) is 18.5. The molecule has 250 valence electrons. The van der Waals surface area contributed by atoms with Crippen molar-refractivity contribution < 1.29 is 8.83 Å². The molecule has 0 aliphatic heterocycles. The molecule has 0 amide bonds. The van der Waals surface area contributed by atoms with Gasteiger partial charge in [-0.1, -0.05) is 158 Å². The Balaban J connectivity index is 1.16. The molecule has 0 radical (unpaired) electrons. The normalized spacial score (nSPS) is 12.1. The number of furan rings is 2. The molecule has 0 N–H and O–H groups in total. The van der Waals surface area contributed by atoms with Gasteiger partial charge in [0.15, 0.2) is 0 Å². The summed E-state index contributed by atoms with van der Waals surface area (Å²) in [6.45, 7) is 0. The van der Waals surface area contributed by atoms with Crippen LogP contribution in [-0.4, -0.2) is 0 Å². The van der Waals surface area contributed by atoms with Crippen molar-refractivity contribution in [2.75, 3.05) is 0 Å². The Labute approximate surface area is 310 Å². The molecule has 12 rings (SSSR count). The summed E-state index contributed by atoms with van der Waals surface area (Å²) in [7, 11) is 0. The number of rotatable bonds is 3. The lowest BCUT2D eigenvalue weighted by Gasteiger charge is -2.20. The van der Waals surface area contributed by atoms with Gasteiger partial charge in [0.2, 0.25) is 0 Å². The first kappa shape index (κ1) is 29.4. The third-order valence-electron chi connectivity index (χ3n) is 11.5. The van der Waals surface area contributed by atoms with Crippen molar-refractivity contribution in [3.05, 3.63) is 182 Å². The monoisotopic (exact) mass is 686 g/mol. The van der Waals surface area contributed by atoms with Gasteiger partial charge in [0, 0.05) is 21.5 Å². The summed E-state index contributed by atoms with van der Waals surface area (Å²) in [6, 6.07) is 65.5. The Morgan fingerprint density at radius 2 is 0.685 bits per heavy atom. The largest absolute Gasteiger partial charge is 0.456 e. The minimum Gasteiger partial charge on any atom is -0.456 e. The highest BCUT2D eigenvalue weighted by molar-refractivity contribution is 6.32. The van der Waals surface area contributed by atoms with Crippen LogP contribution >= 0.6 is 0 Å². The molecule has 0 saturated carbocycles. The number of hydrogen-bond acceptors (Lipinski definition) is 2. The SMILES string of the molecule is c1ccc(-c2c3ccccc3c(-c3ccc(-c4cc5oc6ccc7oc8ccccc8c7c6c5c5ccccc45)c4ccccc34)c3ccccc23)cc1. The van der Waals surface area contributed by atoms with Crippen molar-refractivity contribution in [3.63, 3.8) is 0 Å². The van der Waals surface area contributed by atoms with Gasteiger partial charge < -0.3 is 8.83 Å². The Hall–Kier alpha value is -7.16. The molecule has 0 aliphatic carbocycles. The second kappa shape index (κ2) is 11.2. The average Bonchev–Trinajstić information content (AvgIpc) is 3.81. The molecule has 2 heteroatoms. The molecule has 10 aromatic carbocycles. The van der Waals surface area contributed by atoms with Gasteiger partial charge in [-0.25, -0.2) is 0 Å². The van der Waals surface area contributed by atoms with E-state index in [1.807, 2.05) is 18.2 Å². The van der Waals surface area contributed by atoms with Crippen molar-refractivity contribution in [3.8, 4) is 33.4 Å². The van der Waals surface area contributed by atoms with Crippen LogP contribution in [0.2, 0.25) is 0 Å². The molecule has 0 spiro atoms. The smallest absolute Gasteiger partial charge is 0.136 e. The fourth-order valence-electron chi connectivity index (χ4n) is 9.25. The lowest BCUT2D eigenvalue weighted by Crippen LogP contribution is -1.92. The van der Waals surface area contributed by atoms with Crippen LogP contribution in [0, 0.1) is 0 Å². The number of hydrogen-bond donors (Lipinski definition) is 0. The van der Waals surface area contributed by atoms with E-state index >= 15 is 0 Å². The van der Waals surface area contributed by atoms with Gasteiger partial charge >= 0.3 is 0 Å². The van der Waals surface area contributed by atoms with Gasteiger partial charge in [0.05, 0.1) is 0 Å². The second-order valence-corrected chi connectivity index (χ2v) is 14.3. The fourth-order valence-corrected chi connectivity index (χ4v) is 9.25. The zero-order valence-corrected chi connectivity index (χ0v) is 29.1. The van der Waals surface area contributed by atoms with E-state index in [0.29, 0.717) is 0 Å². The van der Waals surface area contributed by atoms with E-state index in [1.165, 1.54) is 70.9 Å².